The number of thiazole rings is 1. The van der Waals surface area contributed by atoms with E-state index in [0.29, 0.717) is 35.1 Å². The zero-order chi connectivity index (χ0) is 18.3. The second kappa shape index (κ2) is 6.26. The van der Waals surface area contributed by atoms with Crippen molar-refractivity contribution >= 4 is 33.1 Å². The summed E-state index contributed by atoms with van der Waals surface area (Å²) in [5.74, 6) is 0.892. The number of nitrogens with zero attached hydrogens (tertiary/aromatic N) is 3. The maximum atomic E-state index is 12.4. The van der Waals surface area contributed by atoms with Crippen molar-refractivity contribution < 1.29 is 19.2 Å². The van der Waals surface area contributed by atoms with E-state index in [1.165, 1.54) is 35.6 Å². The molecule has 1 aromatic heterocycles. The van der Waals surface area contributed by atoms with E-state index in [1.54, 1.807) is 0 Å². The third kappa shape index (κ3) is 2.82. The molecule has 2 aromatic carbocycles. The van der Waals surface area contributed by atoms with Crippen molar-refractivity contribution in [3.63, 3.8) is 0 Å². The van der Waals surface area contributed by atoms with Gasteiger partial charge in [-0.1, -0.05) is 11.3 Å². The lowest BCUT2D eigenvalue weighted by molar-refractivity contribution is -0.384. The maximum Gasteiger partial charge on any atom is 0.279 e. The summed E-state index contributed by atoms with van der Waals surface area (Å²) in [5, 5.41) is 10.7. The number of ether oxygens (including phenoxy) is 2. The van der Waals surface area contributed by atoms with Crippen LogP contribution in [-0.2, 0) is 7.05 Å². The first-order chi connectivity index (χ1) is 12.5. The minimum atomic E-state index is -0.511. The lowest BCUT2D eigenvalue weighted by Gasteiger charge is -2.18. The Hall–Kier alpha value is -3.20. The normalized spacial score (nSPS) is 13.8. The highest BCUT2D eigenvalue weighted by Gasteiger charge is 2.16. The molecule has 0 N–H and O–H groups in total. The Morgan fingerprint density at radius 2 is 1.85 bits per heavy atom. The van der Waals surface area contributed by atoms with Gasteiger partial charge >= 0.3 is 0 Å². The number of benzene rings is 2. The van der Waals surface area contributed by atoms with Gasteiger partial charge in [0, 0.05) is 36.9 Å². The van der Waals surface area contributed by atoms with Crippen molar-refractivity contribution in [2.24, 2.45) is 12.0 Å². The summed E-state index contributed by atoms with van der Waals surface area (Å²) in [6.45, 7) is 1.01. The molecule has 1 amide bonds. The highest BCUT2D eigenvalue weighted by Crippen LogP contribution is 2.35. The third-order valence-corrected chi connectivity index (χ3v) is 5.09. The standard InChI is InChI=1S/C17H13N3O5S/c1-19-12-8-13-14(25-7-6-24-13)9-15(12)26-17(19)18-16(21)10-2-4-11(5-3-10)20(22)23/h2-5,8-9H,6-7H2,1H3. The number of non-ortho nitro benzene ring substituents is 1. The molecule has 1 aliphatic heterocycles. The summed E-state index contributed by atoms with van der Waals surface area (Å²) in [6, 6.07) is 9.13. The average molecular weight is 371 g/mol. The SMILES string of the molecule is Cn1c(=NC(=O)c2ccc([N+](=O)[O-])cc2)sc2cc3c(cc21)OCCO3. The van der Waals surface area contributed by atoms with Gasteiger partial charge in [0.15, 0.2) is 16.3 Å². The van der Waals surface area contributed by atoms with Crippen LogP contribution >= 0.6 is 11.3 Å². The third-order valence-electron chi connectivity index (χ3n) is 4.00. The highest BCUT2D eigenvalue weighted by atomic mass is 32.1. The fraction of sp³-hybridized carbons (Fsp3) is 0.176. The molecular formula is C17H13N3O5S. The molecule has 0 spiro atoms. The number of nitro groups is 1. The van der Waals surface area contributed by atoms with Crippen molar-refractivity contribution in [2.45, 2.75) is 0 Å². The second-order valence-corrected chi connectivity index (χ2v) is 6.64. The van der Waals surface area contributed by atoms with E-state index in [4.69, 9.17) is 9.47 Å². The van der Waals surface area contributed by atoms with Gasteiger partial charge in [-0.15, -0.1) is 0 Å². The van der Waals surface area contributed by atoms with Crippen LogP contribution in [0.5, 0.6) is 11.5 Å². The Kier molecular flexibility index (Phi) is 3.92. The van der Waals surface area contributed by atoms with Crippen LogP contribution in [-0.4, -0.2) is 28.6 Å². The highest BCUT2D eigenvalue weighted by molar-refractivity contribution is 7.16. The van der Waals surface area contributed by atoms with Gasteiger partial charge in [-0.25, -0.2) is 0 Å². The summed E-state index contributed by atoms with van der Waals surface area (Å²) in [7, 11) is 1.82. The predicted molar refractivity (Wildman–Crippen MR) is 94.8 cm³/mol. The zero-order valence-electron chi connectivity index (χ0n) is 13.7. The van der Waals surface area contributed by atoms with Crippen LogP contribution in [0.15, 0.2) is 41.4 Å². The van der Waals surface area contributed by atoms with E-state index in [0.717, 1.165) is 10.2 Å². The van der Waals surface area contributed by atoms with E-state index < -0.39 is 10.8 Å². The van der Waals surface area contributed by atoms with Crippen molar-refractivity contribution in [1.29, 1.82) is 0 Å². The maximum absolute atomic E-state index is 12.4. The number of amides is 1. The molecule has 9 heteroatoms. The molecule has 0 saturated heterocycles. The Morgan fingerprint density at radius 1 is 1.19 bits per heavy atom. The van der Waals surface area contributed by atoms with Crippen LogP contribution in [0.2, 0.25) is 0 Å². The van der Waals surface area contributed by atoms with Crippen LogP contribution in [0.1, 0.15) is 10.4 Å². The van der Waals surface area contributed by atoms with Crippen molar-refractivity contribution in [2.75, 3.05) is 13.2 Å². The number of carbonyl (C=O) groups excluding carboxylic acids is 1. The Labute approximate surface area is 151 Å². The van der Waals surface area contributed by atoms with Crippen molar-refractivity contribution in [3.05, 3.63) is 56.9 Å². The van der Waals surface area contributed by atoms with Gasteiger partial charge in [-0.3, -0.25) is 14.9 Å². The van der Waals surface area contributed by atoms with E-state index in [1.807, 2.05) is 23.7 Å². The van der Waals surface area contributed by atoms with Gasteiger partial charge in [0.05, 0.1) is 15.1 Å². The minimum absolute atomic E-state index is 0.0699. The number of hydrogen-bond acceptors (Lipinski definition) is 6. The van der Waals surface area contributed by atoms with Gasteiger partial charge < -0.3 is 14.0 Å². The van der Waals surface area contributed by atoms with E-state index >= 15 is 0 Å². The molecule has 4 rings (SSSR count). The minimum Gasteiger partial charge on any atom is -0.486 e. The van der Waals surface area contributed by atoms with Crippen LogP contribution in [0, 0.1) is 10.1 Å². The fourth-order valence-electron chi connectivity index (χ4n) is 2.65. The van der Waals surface area contributed by atoms with Crippen molar-refractivity contribution in [1.82, 2.24) is 4.57 Å². The first kappa shape index (κ1) is 16.3. The van der Waals surface area contributed by atoms with Gasteiger partial charge in [-0.05, 0) is 12.1 Å². The van der Waals surface area contributed by atoms with Gasteiger partial charge in [0.1, 0.15) is 13.2 Å². The first-order valence-corrected chi connectivity index (χ1v) is 8.57. The van der Waals surface area contributed by atoms with Gasteiger partial charge in [0.2, 0.25) is 0 Å². The summed E-state index contributed by atoms with van der Waals surface area (Å²) >= 11 is 1.36. The zero-order valence-corrected chi connectivity index (χ0v) is 14.5. The van der Waals surface area contributed by atoms with Crippen molar-refractivity contribution in [3.8, 4) is 11.5 Å². The topological polar surface area (TPSA) is 96.0 Å². The molecule has 0 radical (unpaired) electrons. The number of rotatable bonds is 2. The molecule has 0 atom stereocenters. The van der Waals surface area contributed by atoms with Crippen LogP contribution in [0.4, 0.5) is 5.69 Å². The quantitative estimate of drug-likeness (QED) is 0.510. The molecule has 2 heterocycles. The summed E-state index contributed by atoms with van der Waals surface area (Å²) in [5.41, 5.74) is 1.10. The molecule has 0 unspecified atom stereocenters. The Bertz CT molecular complexity index is 1100. The molecule has 3 aromatic rings. The molecule has 8 nitrogen and oxygen atoms in total. The van der Waals surface area contributed by atoms with Crippen LogP contribution < -0.4 is 14.3 Å². The number of hydrogen-bond donors (Lipinski definition) is 0. The molecule has 26 heavy (non-hydrogen) atoms. The number of aryl methyl sites for hydroxylation is 1. The second-order valence-electron chi connectivity index (χ2n) is 5.63. The van der Waals surface area contributed by atoms with Crippen LogP contribution in [0.3, 0.4) is 0 Å². The predicted octanol–water partition coefficient (Wildman–Crippen LogP) is 2.66. The summed E-state index contributed by atoms with van der Waals surface area (Å²) < 4.78 is 13.9. The van der Waals surface area contributed by atoms with E-state index in [-0.39, 0.29) is 5.69 Å². The largest absolute Gasteiger partial charge is 0.486 e. The fourth-order valence-corrected chi connectivity index (χ4v) is 3.68. The average Bonchev–Trinajstić information content (AvgIpc) is 2.95. The van der Waals surface area contributed by atoms with Crippen LogP contribution in [0.25, 0.3) is 10.2 Å². The van der Waals surface area contributed by atoms with Gasteiger partial charge in [0.25, 0.3) is 11.6 Å². The molecule has 0 fully saturated rings. The van der Waals surface area contributed by atoms with E-state index in [2.05, 4.69) is 4.99 Å². The van der Waals surface area contributed by atoms with Gasteiger partial charge in [-0.2, -0.15) is 4.99 Å². The number of aromatic nitrogens is 1. The molecule has 132 valence electrons. The lowest BCUT2D eigenvalue weighted by Crippen LogP contribution is -2.15. The molecule has 0 bridgehead atoms. The molecule has 0 saturated carbocycles. The lowest BCUT2D eigenvalue weighted by atomic mass is 10.2. The monoisotopic (exact) mass is 371 g/mol. The molecular weight excluding hydrogens is 358 g/mol. The first-order valence-electron chi connectivity index (χ1n) is 7.75. The number of fused-ring (bicyclic) bond motifs is 2. The number of nitro benzene ring substituents is 1. The Morgan fingerprint density at radius 3 is 2.50 bits per heavy atom. The number of carbonyl (C=O) groups is 1. The molecule has 1 aliphatic rings. The Balaban J connectivity index is 1.74. The summed E-state index contributed by atoms with van der Waals surface area (Å²) in [6.07, 6.45) is 0. The molecule has 0 aliphatic carbocycles. The smallest absolute Gasteiger partial charge is 0.279 e. The van der Waals surface area contributed by atoms with E-state index in [9.17, 15) is 14.9 Å². The summed E-state index contributed by atoms with van der Waals surface area (Å²) in [4.78, 5) is 27.3.